The van der Waals surface area contributed by atoms with Gasteiger partial charge < -0.3 is 9.47 Å². The number of aromatic nitrogens is 2. The van der Waals surface area contributed by atoms with Crippen LogP contribution in [0.5, 0.6) is 0 Å². The Morgan fingerprint density at radius 1 is 1.03 bits per heavy atom. The first-order valence-electron chi connectivity index (χ1n) is 10.3. The molecule has 5 rings (SSSR count). The molecule has 0 bridgehead atoms. The second-order valence-corrected chi connectivity index (χ2v) is 8.64. The van der Waals surface area contributed by atoms with E-state index in [9.17, 15) is 4.79 Å². The van der Waals surface area contributed by atoms with Gasteiger partial charge in [0, 0.05) is 48.5 Å². The quantitative estimate of drug-likeness (QED) is 0.590. The van der Waals surface area contributed by atoms with Gasteiger partial charge in [0.1, 0.15) is 5.82 Å². The van der Waals surface area contributed by atoms with Crippen LogP contribution in [0.2, 0.25) is 5.02 Å². The van der Waals surface area contributed by atoms with Crippen LogP contribution in [-0.4, -0.2) is 33.4 Å². The van der Waals surface area contributed by atoms with Crippen LogP contribution in [0.25, 0.3) is 22.5 Å². The summed E-state index contributed by atoms with van der Waals surface area (Å²) in [5, 5.41) is 0.743. The van der Waals surface area contributed by atoms with Crippen LogP contribution in [0.4, 0.5) is 0 Å². The number of imidazole rings is 1. The second-order valence-electron chi connectivity index (χ2n) is 8.20. The fraction of sp³-hybridized carbons (Fsp3) is 0.333. The Labute approximate surface area is 176 Å². The van der Waals surface area contributed by atoms with Crippen molar-refractivity contribution >= 4 is 17.5 Å². The number of benzene rings is 2. The Hall–Kier alpha value is -2.59. The van der Waals surface area contributed by atoms with Gasteiger partial charge in [-0.25, -0.2) is 4.98 Å². The van der Waals surface area contributed by atoms with Gasteiger partial charge in [0.05, 0.1) is 0 Å². The highest BCUT2D eigenvalue weighted by Gasteiger charge is 2.36. The average Bonchev–Trinajstić information content (AvgIpc) is 3.32. The smallest absolute Gasteiger partial charge is 0.225 e. The van der Waals surface area contributed by atoms with E-state index in [1.807, 2.05) is 30.6 Å². The van der Waals surface area contributed by atoms with Crippen LogP contribution in [0.15, 0.2) is 60.9 Å². The van der Waals surface area contributed by atoms with Crippen LogP contribution in [0.1, 0.15) is 19.3 Å². The summed E-state index contributed by atoms with van der Waals surface area (Å²) < 4.78 is 2.23. The zero-order valence-corrected chi connectivity index (χ0v) is 17.1. The fourth-order valence-corrected chi connectivity index (χ4v) is 4.44. The molecule has 1 aliphatic carbocycles. The molecule has 2 aliphatic rings. The lowest BCUT2D eigenvalue weighted by Crippen LogP contribution is -2.30. The van der Waals surface area contributed by atoms with Crippen molar-refractivity contribution in [2.45, 2.75) is 25.8 Å². The monoisotopic (exact) mass is 405 g/mol. The molecule has 1 unspecified atom stereocenters. The number of likely N-dealkylation sites (tertiary alicyclic amines) is 1. The zero-order chi connectivity index (χ0) is 19.8. The summed E-state index contributed by atoms with van der Waals surface area (Å²) in [6.07, 6.45) is 7.14. The number of carbonyl (C=O) groups excluding carboxylic acids is 1. The predicted molar refractivity (Wildman–Crippen MR) is 116 cm³/mol. The van der Waals surface area contributed by atoms with Crippen molar-refractivity contribution in [2.75, 3.05) is 13.1 Å². The standard InChI is InChI=1S/C24H24ClN3O/c25-22-3-1-2-21(14-22)18-4-6-19(7-5-18)23-26-11-13-27(23)15-17-10-12-28(16-17)24(29)20-8-9-20/h1-7,11,13-14,17,20H,8-10,12,15-16H2. The molecule has 1 aromatic heterocycles. The first-order valence-corrected chi connectivity index (χ1v) is 10.7. The Bertz CT molecular complexity index is 1020. The van der Waals surface area contributed by atoms with Gasteiger partial charge >= 0.3 is 0 Å². The maximum atomic E-state index is 12.3. The van der Waals surface area contributed by atoms with Gasteiger partial charge in [0.15, 0.2) is 0 Å². The Morgan fingerprint density at radius 2 is 1.83 bits per heavy atom. The molecule has 3 aromatic rings. The normalized spacial score (nSPS) is 18.9. The highest BCUT2D eigenvalue weighted by atomic mass is 35.5. The maximum Gasteiger partial charge on any atom is 0.225 e. The van der Waals surface area contributed by atoms with Crippen molar-refractivity contribution in [1.82, 2.24) is 14.5 Å². The molecule has 1 amide bonds. The van der Waals surface area contributed by atoms with Crippen molar-refractivity contribution in [3.63, 3.8) is 0 Å². The molecule has 0 spiro atoms. The van der Waals surface area contributed by atoms with Gasteiger partial charge in [-0.3, -0.25) is 4.79 Å². The van der Waals surface area contributed by atoms with Gasteiger partial charge in [-0.2, -0.15) is 0 Å². The number of amides is 1. The van der Waals surface area contributed by atoms with Gasteiger partial charge in [-0.15, -0.1) is 0 Å². The van der Waals surface area contributed by atoms with E-state index in [1.165, 1.54) is 0 Å². The summed E-state index contributed by atoms with van der Waals surface area (Å²) in [7, 11) is 0. The molecule has 0 N–H and O–H groups in total. The summed E-state index contributed by atoms with van der Waals surface area (Å²) in [6, 6.07) is 16.4. The second kappa shape index (κ2) is 7.68. The van der Waals surface area contributed by atoms with Crippen LogP contribution < -0.4 is 0 Å². The molecule has 1 saturated heterocycles. The molecule has 0 radical (unpaired) electrons. The van der Waals surface area contributed by atoms with E-state index in [0.717, 1.165) is 66.4 Å². The highest BCUT2D eigenvalue weighted by Crippen LogP contribution is 2.33. The fourth-order valence-electron chi connectivity index (χ4n) is 4.25. The minimum Gasteiger partial charge on any atom is -0.342 e. The Kier molecular flexibility index (Phi) is 4.88. The van der Waals surface area contributed by atoms with E-state index in [0.29, 0.717) is 17.7 Å². The first-order chi connectivity index (χ1) is 14.2. The van der Waals surface area contributed by atoms with Crippen molar-refractivity contribution in [3.8, 4) is 22.5 Å². The SMILES string of the molecule is O=C(C1CC1)N1CCC(Cn2ccnc2-c2ccc(-c3cccc(Cl)c3)cc2)C1. The number of nitrogens with zero attached hydrogens (tertiary/aromatic N) is 3. The third-order valence-electron chi connectivity index (χ3n) is 6.00. The summed E-state index contributed by atoms with van der Waals surface area (Å²) in [4.78, 5) is 19.0. The Balaban J connectivity index is 1.29. The highest BCUT2D eigenvalue weighted by molar-refractivity contribution is 6.30. The van der Waals surface area contributed by atoms with E-state index in [1.54, 1.807) is 0 Å². The molecular weight excluding hydrogens is 382 g/mol. The van der Waals surface area contributed by atoms with E-state index >= 15 is 0 Å². The molecule has 4 nitrogen and oxygen atoms in total. The van der Waals surface area contributed by atoms with E-state index in [-0.39, 0.29) is 0 Å². The number of hydrogen-bond acceptors (Lipinski definition) is 2. The molecule has 148 valence electrons. The Morgan fingerprint density at radius 3 is 2.59 bits per heavy atom. The summed E-state index contributed by atoms with van der Waals surface area (Å²) >= 11 is 6.12. The summed E-state index contributed by atoms with van der Waals surface area (Å²) in [5.41, 5.74) is 3.35. The van der Waals surface area contributed by atoms with E-state index in [2.05, 4.69) is 44.8 Å². The molecule has 29 heavy (non-hydrogen) atoms. The lowest BCUT2D eigenvalue weighted by molar-refractivity contribution is -0.131. The summed E-state index contributed by atoms with van der Waals surface area (Å²) in [5.74, 6) is 2.16. The molecule has 2 heterocycles. The van der Waals surface area contributed by atoms with Gasteiger partial charge in [-0.1, -0.05) is 48.0 Å². The largest absolute Gasteiger partial charge is 0.342 e. The van der Waals surface area contributed by atoms with Gasteiger partial charge in [0.2, 0.25) is 5.91 Å². The number of carbonyl (C=O) groups is 1. The summed E-state index contributed by atoms with van der Waals surface area (Å²) in [6.45, 7) is 2.68. The average molecular weight is 406 g/mol. The predicted octanol–water partition coefficient (Wildman–Crippen LogP) is 5.13. The molecule has 2 fully saturated rings. The van der Waals surface area contributed by atoms with Crippen LogP contribution in [0, 0.1) is 11.8 Å². The van der Waals surface area contributed by atoms with Crippen molar-refractivity contribution < 1.29 is 4.79 Å². The third-order valence-corrected chi connectivity index (χ3v) is 6.23. The molecule has 5 heteroatoms. The van der Waals surface area contributed by atoms with Gasteiger partial charge in [0.25, 0.3) is 0 Å². The van der Waals surface area contributed by atoms with Crippen molar-refractivity contribution in [2.24, 2.45) is 11.8 Å². The first kappa shape index (κ1) is 18.4. The van der Waals surface area contributed by atoms with Crippen LogP contribution in [0.3, 0.4) is 0 Å². The van der Waals surface area contributed by atoms with Crippen molar-refractivity contribution in [1.29, 1.82) is 0 Å². The van der Waals surface area contributed by atoms with Crippen molar-refractivity contribution in [3.05, 3.63) is 65.9 Å². The molecule has 1 atom stereocenters. The minimum absolute atomic E-state index is 0.315. The molecular formula is C24H24ClN3O. The zero-order valence-electron chi connectivity index (χ0n) is 16.3. The van der Waals surface area contributed by atoms with E-state index < -0.39 is 0 Å². The maximum absolute atomic E-state index is 12.3. The van der Waals surface area contributed by atoms with Gasteiger partial charge in [-0.05, 0) is 48.4 Å². The minimum atomic E-state index is 0.315. The van der Waals surface area contributed by atoms with E-state index in [4.69, 9.17) is 11.6 Å². The number of hydrogen-bond donors (Lipinski definition) is 0. The molecule has 2 aromatic carbocycles. The number of halogens is 1. The lowest BCUT2D eigenvalue weighted by Gasteiger charge is -2.17. The van der Waals surface area contributed by atoms with Crippen LogP contribution >= 0.6 is 11.6 Å². The topological polar surface area (TPSA) is 38.1 Å². The third kappa shape index (κ3) is 3.95. The van der Waals surface area contributed by atoms with Crippen LogP contribution in [-0.2, 0) is 11.3 Å². The lowest BCUT2D eigenvalue weighted by atomic mass is 10.0. The molecule has 1 aliphatic heterocycles. The number of rotatable bonds is 5. The molecule has 1 saturated carbocycles.